The van der Waals surface area contributed by atoms with Gasteiger partial charge in [0.05, 0.1) is 6.54 Å². The zero-order valence-corrected chi connectivity index (χ0v) is 8.07. The predicted molar refractivity (Wildman–Crippen MR) is 53.1 cm³/mol. The van der Waals surface area contributed by atoms with Crippen LogP contribution in [-0.4, -0.2) is 14.8 Å². The highest BCUT2D eigenvalue weighted by atomic mass is 15.3. The smallest absolute Gasteiger partial charge is 0.137 e. The van der Waals surface area contributed by atoms with E-state index in [1.165, 1.54) is 11.1 Å². The van der Waals surface area contributed by atoms with Crippen LogP contribution in [0, 0.1) is 6.92 Å². The van der Waals surface area contributed by atoms with Crippen molar-refractivity contribution in [2.75, 3.05) is 0 Å². The summed E-state index contributed by atoms with van der Waals surface area (Å²) < 4.78 is 2.18. The maximum absolute atomic E-state index is 4.17. The molecule has 0 aliphatic carbocycles. The lowest BCUT2D eigenvalue weighted by molar-refractivity contribution is 0.682. The molecule has 0 spiro atoms. The second-order valence-corrected chi connectivity index (χ2v) is 3.70. The molecule has 0 fully saturated rings. The molecule has 1 aliphatic heterocycles. The van der Waals surface area contributed by atoms with Crippen molar-refractivity contribution in [3.8, 4) is 0 Å². The quantitative estimate of drug-likeness (QED) is 0.532. The maximum atomic E-state index is 4.17. The Kier molecular flexibility index (Phi) is 1.48. The monoisotopic (exact) mass is 185 g/mol. The van der Waals surface area contributed by atoms with Gasteiger partial charge in [0.1, 0.15) is 11.6 Å². The molecule has 14 heavy (non-hydrogen) atoms. The van der Waals surface area contributed by atoms with Crippen molar-refractivity contribution in [3.05, 3.63) is 47.0 Å². The molecular weight excluding hydrogens is 174 g/mol. The number of aromatic nitrogens is 3. The van der Waals surface area contributed by atoms with E-state index in [-0.39, 0.29) is 0 Å². The molecule has 70 valence electrons. The molecule has 1 aromatic carbocycles. The molecule has 0 saturated heterocycles. The molecule has 1 aliphatic rings. The number of benzene rings is 1. The molecule has 0 bridgehead atoms. The Labute approximate surface area is 82.4 Å². The zero-order valence-electron chi connectivity index (χ0n) is 8.07. The first-order valence-corrected chi connectivity index (χ1v) is 4.80. The Morgan fingerprint density at radius 3 is 2.79 bits per heavy atom. The molecule has 0 saturated carbocycles. The summed E-state index contributed by atoms with van der Waals surface area (Å²) in [5.74, 6) is 2.09. The molecule has 3 heteroatoms. The summed E-state index contributed by atoms with van der Waals surface area (Å²) >= 11 is 0. The third-order valence-electron chi connectivity index (χ3n) is 2.81. The Morgan fingerprint density at radius 2 is 1.93 bits per heavy atom. The number of aryl methyl sites for hydroxylation is 1. The molecule has 0 N–H and O–H groups in total. The Hall–Kier alpha value is -1.64. The molecular formula is C11H11N3. The standard InChI is InChI=1S/C11H11N3/c1-8-12-13-11-6-9-4-2-3-5-10(9)7-14(8)11/h2-5H,6-7H2,1H3. The number of fused-ring (bicyclic) bond motifs is 2. The highest BCUT2D eigenvalue weighted by molar-refractivity contribution is 5.33. The van der Waals surface area contributed by atoms with Crippen LogP contribution >= 0.6 is 0 Å². The van der Waals surface area contributed by atoms with Crippen LogP contribution in [0.3, 0.4) is 0 Å². The third kappa shape index (κ3) is 0.985. The van der Waals surface area contributed by atoms with E-state index in [0.717, 1.165) is 24.6 Å². The average molecular weight is 185 g/mol. The third-order valence-corrected chi connectivity index (χ3v) is 2.81. The van der Waals surface area contributed by atoms with Gasteiger partial charge >= 0.3 is 0 Å². The van der Waals surface area contributed by atoms with Gasteiger partial charge in [0.25, 0.3) is 0 Å². The van der Waals surface area contributed by atoms with Gasteiger partial charge in [-0.25, -0.2) is 0 Å². The minimum absolute atomic E-state index is 0.914. The van der Waals surface area contributed by atoms with Crippen LogP contribution in [0.2, 0.25) is 0 Å². The lowest BCUT2D eigenvalue weighted by Crippen LogP contribution is -2.14. The average Bonchev–Trinajstić information content (AvgIpc) is 2.57. The molecule has 2 aromatic rings. The Morgan fingerprint density at radius 1 is 1.14 bits per heavy atom. The lowest BCUT2D eigenvalue weighted by atomic mass is 10.0. The van der Waals surface area contributed by atoms with Crippen molar-refractivity contribution < 1.29 is 0 Å². The first kappa shape index (κ1) is 7.74. The van der Waals surface area contributed by atoms with Gasteiger partial charge < -0.3 is 4.57 Å². The van der Waals surface area contributed by atoms with Gasteiger partial charge in [0, 0.05) is 6.42 Å². The summed E-state index contributed by atoms with van der Waals surface area (Å²) in [6.45, 7) is 2.93. The van der Waals surface area contributed by atoms with E-state index < -0.39 is 0 Å². The van der Waals surface area contributed by atoms with Gasteiger partial charge in [-0.2, -0.15) is 0 Å². The van der Waals surface area contributed by atoms with E-state index in [2.05, 4.69) is 39.0 Å². The lowest BCUT2D eigenvalue weighted by Gasteiger charge is -2.17. The SMILES string of the molecule is Cc1nnc2n1Cc1ccccc1C2. The van der Waals surface area contributed by atoms with Crippen LogP contribution in [-0.2, 0) is 13.0 Å². The highest BCUT2D eigenvalue weighted by Crippen LogP contribution is 2.21. The summed E-state index contributed by atoms with van der Waals surface area (Å²) in [7, 11) is 0. The van der Waals surface area contributed by atoms with Gasteiger partial charge in [-0.3, -0.25) is 0 Å². The Balaban J connectivity index is 2.14. The molecule has 0 unspecified atom stereocenters. The highest BCUT2D eigenvalue weighted by Gasteiger charge is 2.17. The fourth-order valence-electron chi connectivity index (χ4n) is 1.99. The maximum Gasteiger partial charge on any atom is 0.137 e. The summed E-state index contributed by atoms with van der Waals surface area (Å²) in [5.41, 5.74) is 2.77. The van der Waals surface area contributed by atoms with Crippen LogP contribution in [0.1, 0.15) is 22.8 Å². The molecule has 0 atom stereocenters. The first-order chi connectivity index (χ1) is 6.84. The summed E-state index contributed by atoms with van der Waals surface area (Å²) in [5, 5.41) is 8.26. The van der Waals surface area contributed by atoms with Crippen LogP contribution in [0.5, 0.6) is 0 Å². The van der Waals surface area contributed by atoms with Gasteiger partial charge in [-0.05, 0) is 18.1 Å². The minimum atomic E-state index is 0.914. The van der Waals surface area contributed by atoms with Gasteiger partial charge in [0.2, 0.25) is 0 Å². The predicted octanol–water partition coefficient (Wildman–Crippen LogP) is 1.54. The largest absolute Gasteiger partial charge is 0.310 e. The molecule has 3 rings (SSSR count). The first-order valence-electron chi connectivity index (χ1n) is 4.80. The molecule has 0 amide bonds. The number of hydrogen-bond donors (Lipinski definition) is 0. The molecule has 0 radical (unpaired) electrons. The van der Waals surface area contributed by atoms with E-state index >= 15 is 0 Å². The molecule has 1 aromatic heterocycles. The van der Waals surface area contributed by atoms with E-state index in [1.54, 1.807) is 0 Å². The van der Waals surface area contributed by atoms with Crippen LogP contribution in [0.25, 0.3) is 0 Å². The summed E-state index contributed by atoms with van der Waals surface area (Å²) in [6.07, 6.45) is 0.914. The van der Waals surface area contributed by atoms with Crippen LogP contribution in [0.15, 0.2) is 24.3 Å². The van der Waals surface area contributed by atoms with Crippen molar-refractivity contribution in [1.29, 1.82) is 0 Å². The van der Waals surface area contributed by atoms with Crippen molar-refractivity contribution in [3.63, 3.8) is 0 Å². The zero-order chi connectivity index (χ0) is 9.54. The summed E-state index contributed by atoms with van der Waals surface area (Å²) in [4.78, 5) is 0. The van der Waals surface area contributed by atoms with Crippen molar-refractivity contribution >= 4 is 0 Å². The fourth-order valence-corrected chi connectivity index (χ4v) is 1.99. The summed E-state index contributed by atoms with van der Waals surface area (Å²) in [6, 6.07) is 8.52. The van der Waals surface area contributed by atoms with Crippen molar-refractivity contribution in [2.45, 2.75) is 19.9 Å². The van der Waals surface area contributed by atoms with E-state index in [1.807, 2.05) is 6.92 Å². The normalized spacial score (nSPS) is 13.5. The minimum Gasteiger partial charge on any atom is -0.310 e. The van der Waals surface area contributed by atoms with Crippen molar-refractivity contribution in [1.82, 2.24) is 14.8 Å². The van der Waals surface area contributed by atoms with Gasteiger partial charge in [-0.1, -0.05) is 24.3 Å². The Bertz CT molecular complexity index is 485. The second-order valence-electron chi connectivity index (χ2n) is 3.70. The van der Waals surface area contributed by atoms with Gasteiger partial charge in [0.15, 0.2) is 0 Å². The fraction of sp³-hybridized carbons (Fsp3) is 0.273. The molecule has 2 heterocycles. The topological polar surface area (TPSA) is 30.7 Å². The van der Waals surface area contributed by atoms with Crippen LogP contribution < -0.4 is 0 Å². The number of rotatable bonds is 0. The van der Waals surface area contributed by atoms with Crippen LogP contribution in [0.4, 0.5) is 0 Å². The van der Waals surface area contributed by atoms with Crippen molar-refractivity contribution in [2.24, 2.45) is 0 Å². The van der Waals surface area contributed by atoms with E-state index in [4.69, 9.17) is 0 Å². The van der Waals surface area contributed by atoms with E-state index in [9.17, 15) is 0 Å². The number of nitrogens with zero attached hydrogens (tertiary/aromatic N) is 3. The molecule has 3 nitrogen and oxygen atoms in total. The van der Waals surface area contributed by atoms with Gasteiger partial charge in [-0.15, -0.1) is 10.2 Å². The second kappa shape index (κ2) is 2.67. The van der Waals surface area contributed by atoms with E-state index in [0.29, 0.717) is 0 Å². The number of hydrogen-bond acceptors (Lipinski definition) is 2.